The summed E-state index contributed by atoms with van der Waals surface area (Å²) in [6.45, 7) is 2.26. The molecule has 1 aromatic heterocycles. The van der Waals surface area contributed by atoms with Crippen LogP contribution in [0.5, 0.6) is 0 Å². The summed E-state index contributed by atoms with van der Waals surface area (Å²) in [5, 5.41) is 5.48. The molecule has 0 amide bonds. The number of thiophene rings is 1. The third-order valence-corrected chi connectivity index (χ3v) is 4.40. The molecule has 0 saturated carbocycles. The molecule has 1 aromatic rings. The van der Waals surface area contributed by atoms with E-state index in [1.165, 1.54) is 17.7 Å². The molecule has 2 heterocycles. The highest BCUT2D eigenvalue weighted by Crippen LogP contribution is 2.17. The monoisotopic (exact) mass is 251 g/mol. The summed E-state index contributed by atoms with van der Waals surface area (Å²) in [7, 11) is 0. The smallest absolute Gasteiger partial charge is 0.133 e. The lowest BCUT2D eigenvalue weighted by Crippen LogP contribution is -2.30. The van der Waals surface area contributed by atoms with E-state index in [2.05, 4.69) is 22.8 Å². The SMILES string of the molecule is O=C(CCc1cccs1)CCC1CCCNC1. The number of ketones is 1. The lowest BCUT2D eigenvalue weighted by Gasteiger charge is -2.22. The Kier molecular flexibility index (Phi) is 5.20. The number of carbonyl (C=O) groups excluding carboxylic acids is 1. The van der Waals surface area contributed by atoms with Gasteiger partial charge >= 0.3 is 0 Å². The Morgan fingerprint density at radius 2 is 2.41 bits per heavy atom. The van der Waals surface area contributed by atoms with Gasteiger partial charge in [-0.15, -0.1) is 11.3 Å². The largest absolute Gasteiger partial charge is 0.316 e. The highest BCUT2D eigenvalue weighted by atomic mass is 32.1. The predicted octanol–water partition coefficient (Wildman–Crippen LogP) is 3.03. The molecule has 2 rings (SSSR count). The van der Waals surface area contributed by atoms with Gasteiger partial charge in [0.15, 0.2) is 0 Å². The summed E-state index contributed by atoms with van der Waals surface area (Å²) in [4.78, 5) is 13.1. The van der Waals surface area contributed by atoms with Crippen molar-refractivity contribution in [3.8, 4) is 0 Å². The van der Waals surface area contributed by atoms with Crippen LogP contribution in [0.1, 0.15) is 37.0 Å². The first kappa shape index (κ1) is 12.8. The van der Waals surface area contributed by atoms with E-state index in [4.69, 9.17) is 0 Å². The van der Waals surface area contributed by atoms with Crippen molar-refractivity contribution < 1.29 is 4.79 Å². The maximum Gasteiger partial charge on any atom is 0.133 e. The molecule has 94 valence electrons. The number of hydrogen-bond acceptors (Lipinski definition) is 3. The van der Waals surface area contributed by atoms with Crippen molar-refractivity contribution in [3.63, 3.8) is 0 Å². The van der Waals surface area contributed by atoms with E-state index in [9.17, 15) is 4.79 Å². The highest BCUT2D eigenvalue weighted by molar-refractivity contribution is 7.09. The predicted molar refractivity (Wildman–Crippen MR) is 72.5 cm³/mol. The molecule has 1 N–H and O–H groups in total. The quantitative estimate of drug-likeness (QED) is 0.842. The minimum atomic E-state index is 0.434. The van der Waals surface area contributed by atoms with Gasteiger partial charge in [0.2, 0.25) is 0 Å². The first-order valence-corrected chi connectivity index (χ1v) is 7.47. The summed E-state index contributed by atoms with van der Waals surface area (Å²) in [6.07, 6.45) is 6.08. The van der Waals surface area contributed by atoms with Crippen LogP contribution in [-0.2, 0) is 11.2 Å². The van der Waals surface area contributed by atoms with E-state index in [1.54, 1.807) is 11.3 Å². The van der Waals surface area contributed by atoms with E-state index in [1.807, 2.05) is 0 Å². The zero-order valence-corrected chi connectivity index (χ0v) is 11.1. The van der Waals surface area contributed by atoms with E-state index < -0.39 is 0 Å². The molecular weight excluding hydrogens is 230 g/mol. The van der Waals surface area contributed by atoms with Crippen LogP contribution in [0.25, 0.3) is 0 Å². The third kappa shape index (κ3) is 4.60. The molecule has 2 nitrogen and oxygen atoms in total. The Hall–Kier alpha value is -0.670. The standard InChI is InChI=1S/C14H21NOS/c16-13(7-8-14-4-2-10-17-14)6-5-12-3-1-9-15-11-12/h2,4,10,12,15H,1,3,5-9,11H2. The third-order valence-electron chi connectivity index (χ3n) is 3.46. The van der Waals surface area contributed by atoms with Crippen molar-refractivity contribution in [2.45, 2.75) is 38.5 Å². The minimum absolute atomic E-state index is 0.434. The summed E-state index contributed by atoms with van der Waals surface area (Å²) in [5.41, 5.74) is 0. The molecule has 0 radical (unpaired) electrons. The fourth-order valence-corrected chi connectivity index (χ4v) is 3.09. The maximum absolute atomic E-state index is 11.8. The van der Waals surface area contributed by atoms with Crippen LogP contribution in [0.15, 0.2) is 17.5 Å². The van der Waals surface area contributed by atoms with Crippen molar-refractivity contribution in [3.05, 3.63) is 22.4 Å². The van der Waals surface area contributed by atoms with Crippen molar-refractivity contribution in [2.75, 3.05) is 13.1 Å². The van der Waals surface area contributed by atoms with Crippen LogP contribution < -0.4 is 5.32 Å². The molecule has 3 heteroatoms. The second-order valence-electron chi connectivity index (χ2n) is 4.87. The first-order chi connectivity index (χ1) is 8.34. The van der Waals surface area contributed by atoms with Gasteiger partial charge in [-0.25, -0.2) is 0 Å². The topological polar surface area (TPSA) is 29.1 Å². The van der Waals surface area contributed by atoms with Gasteiger partial charge in [0, 0.05) is 17.7 Å². The maximum atomic E-state index is 11.8. The van der Waals surface area contributed by atoms with Crippen LogP contribution in [0.2, 0.25) is 0 Å². The summed E-state index contributed by atoms with van der Waals surface area (Å²) < 4.78 is 0. The van der Waals surface area contributed by atoms with E-state index in [-0.39, 0.29) is 0 Å². The van der Waals surface area contributed by atoms with Gasteiger partial charge in [-0.3, -0.25) is 4.79 Å². The molecule has 0 bridgehead atoms. The Bertz CT molecular complexity index is 328. The molecular formula is C14H21NOS. The van der Waals surface area contributed by atoms with Gasteiger partial charge in [-0.2, -0.15) is 0 Å². The zero-order valence-electron chi connectivity index (χ0n) is 10.3. The van der Waals surface area contributed by atoms with Gasteiger partial charge in [-0.1, -0.05) is 6.07 Å². The Morgan fingerprint density at radius 1 is 1.47 bits per heavy atom. The second-order valence-corrected chi connectivity index (χ2v) is 5.90. The van der Waals surface area contributed by atoms with E-state index in [0.29, 0.717) is 5.78 Å². The van der Waals surface area contributed by atoms with Crippen molar-refractivity contribution in [1.29, 1.82) is 0 Å². The van der Waals surface area contributed by atoms with Gasteiger partial charge in [0.05, 0.1) is 0 Å². The number of hydrogen-bond donors (Lipinski definition) is 1. The molecule has 17 heavy (non-hydrogen) atoms. The van der Waals surface area contributed by atoms with E-state index >= 15 is 0 Å². The van der Waals surface area contributed by atoms with Crippen LogP contribution in [0.4, 0.5) is 0 Å². The average molecular weight is 251 g/mol. The number of aryl methyl sites for hydroxylation is 1. The molecule has 1 fully saturated rings. The Morgan fingerprint density at radius 3 is 3.12 bits per heavy atom. The molecule has 1 unspecified atom stereocenters. The van der Waals surface area contributed by atoms with Crippen molar-refractivity contribution >= 4 is 17.1 Å². The normalized spacial score (nSPS) is 20.4. The number of Topliss-reactive ketones (excluding diaryl/α,β-unsaturated/α-hetero) is 1. The Labute approximate surface area is 107 Å². The average Bonchev–Trinajstić information content (AvgIpc) is 2.88. The molecule has 1 saturated heterocycles. The van der Waals surface area contributed by atoms with Gasteiger partial charge in [-0.05, 0) is 56.1 Å². The Balaban J connectivity index is 1.60. The van der Waals surface area contributed by atoms with Gasteiger partial charge in [0.1, 0.15) is 5.78 Å². The summed E-state index contributed by atoms with van der Waals surface area (Å²) in [6, 6.07) is 4.17. The molecule has 0 aromatic carbocycles. The highest BCUT2D eigenvalue weighted by Gasteiger charge is 2.14. The van der Waals surface area contributed by atoms with Crippen LogP contribution in [-0.4, -0.2) is 18.9 Å². The van der Waals surface area contributed by atoms with Crippen molar-refractivity contribution in [2.24, 2.45) is 5.92 Å². The lowest BCUT2D eigenvalue weighted by molar-refractivity contribution is -0.119. The van der Waals surface area contributed by atoms with Crippen molar-refractivity contribution in [1.82, 2.24) is 5.32 Å². The molecule has 1 atom stereocenters. The number of nitrogens with one attached hydrogen (secondary N) is 1. The number of rotatable bonds is 6. The fourth-order valence-electron chi connectivity index (χ4n) is 2.38. The lowest BCUT2D eigenvalue weighted by atomic mass is 9.93. The molecule has 0 spiro atoms. The summed E-state index contributed by atoms with van der Waals surface area (Å²) in [5.74, 6) is 1.17. The fraction of sp³-hybridized carbons (Fsp3) is 0.643. The van der Waals surface area contributed by atoms with Gasteiger partial charge < -0.3 is 5.32 Å². The van der Waals surface area contributed by atoms with Crippen LogP contribution >= 0.6 is 11.3 Å². The van der Waals surface area contributed by atoms with E-state index in [0.717, 1.165) is 44.7 Å². The van der Waals surface area contributed by atoms with Crippen LogP contribution in [0, 0.1) is 5.92 Å². The minimum Gasteiger partial charge on any atom is -0.316 e. The number of carbonyl (C=O) groups is 1. The summed E-state index contributed by atoms with van der Waals surface area (Å²) >= 11 is 1.75. The number of piperidine rings is 1. The zero-order chi connectivity index (χ0) is 11.9. The van der Waals surface area contributed by atoms with Gasteiger partial charge in [0.25, 0.3) is 0 Å². The van der Waals surface area contributed by atoms with Crippen LogP contribution in [0.3, 0.4) is 0 Å². The first-order valence-electron chi connectivity index (χ1n) is 6.59. The molecule has 1 aliphatic heterocycles. The molecule has 1 aliphatic rings. The second kappa shape index (κ2) is 6.92. The molecule has 0 aliphatic carbocycles.